The number of hydrogen-bond acceptors (Lipinski definition) is 7. The van der Waals surface area contributed by atoms with Crippen LogP contribution < -0.4 is 0 Å². The molecule has 0 amide bonds. The van der Waals surface area contributed by atoms with Gasteiger partial charge in [0, 0.05) is 33.1 Å². The summed E-state index contributed by atoms with van der Waals surface area (Å²) >= 11 is 0. The van der Waals surface area contributed by atoms with E-state index in [4.69, 9.17) is 14.7 Å². The number of fused-ring (bicyclic) bond motifs is 1. The van der Waals surface area contributed by atoms with Crippen LogP contribution in [-0.4, -0.2) is 79.7 Å². The second-order valence-corrected chi connectivity index (χ2v) is 11.2. The lowest BCUT2D eigenvalue weighted by Crippen LogP contribution is -2.57. The molecule has 1 N–H and O–H groups in total. The quantitative estimate of drug-likeness (QED) is 0.281. The van der Waals surface area contributed by atoms with Gasteiger partial charge in [-0.25, -0.2) is 19.9 Å². The molecule has 2 fully saturated rings. The second kappa shape index (κ2) is 11.7. The fourth-order valence-corrected chi connectivity index (χ4v) is 6.62. The summed E-state index contributed by atoms with van der Waals surface area (Å²) in [6, 6.07) is 31.8. The number of aromatic nitrogens is 4. The van der Waals surface area contributed by atoms with E-state index in [1.807, 2.05) is 22.8 Å². The Hall–Kier alpha value is -4.44. The van der Waals surface area contributed by atoms with Gasteiger partial charge in [0.25, 0.3) is 0 Å². The average Bonchev–Trinajstić information content (AvgIpc) is 3.69. The molecule has 9 nitrogen and oxygen atoms in total. The summed E-state index contributed by atoms with van der Waals surface area (Å²) in [6.45, 7) is 1.92. The molecule has 9 heteroatoms. The Bertz CT molecular complexity index is 1610. The maximum Gasteiger partial charge on any atom is 0.185 e. The van der Waals surface area contributed by atoms with Crippen molar-refractivity contribution in [1.82, 2.24) is 29.3 Å². The minimum atomic E-state index is -0.644. The van der Waals surface area contributed by atoms with Crippen molar-refractivity contribution in [3.05, 3.63) is 120 Å². The molecule has 218 valence electrons. The predicted molar refractivity (Wildman–Crippen MR) is 166 cm³/mol. The van der Waals surface area contributed by atoms with E-state index in [0.29, 0.717) is 30.1 Å². The minimum Gasteiger partial charge on any atom is -0.394 e. The molecule has 3 aromatic carbocycles. The van der Waals surface area contributed by atoms with Crippen molar-refractivity contribution in [2.45, 2.75) is 30.7 Å². The Labute approximate surface area is 251 Å². The standard InChI is InChI=1S/C34H35N7O2/c1-39-19-11-18-29(39)38-32-31-33(36-23-35-32)41(24-37-31)30-21-40(20-28(22-42)43-30)34(25-12-5-2-6-13-25,26-14-7-3-8-15-26)27-16-9-4-10-17-27/h2-10,12-17,23-24,28,30,42H,11,18-22H2,1H3/b38-29+/t28-,30+/m0/s1. The average molecular weight is 574 g/mol. The van der Waals surface area contributed by atoms with E-state index in [1.54, 1.807) is 12.7 Å². The first kappa shape index (κ1) is 27.4. The third-order valence-electron chi connectivity index (χ3n) is 8.62. The number of hydrogen-bond donors (Lipinski definition) is 1. The first-order valence-electron chi connectivity index (χ1n) is 14.8. The van der Waals surface area contributed by atoms with Crippen LogP contribution >= 0.6 is 0 Å². The van der Waals surface area contributed by atoms with Gasteiger partial charge in [0.15, 0.2) is 17.0 Å². The van der Waals surface area contributed by atoms with Crippen molar-refractivity contribution in [3.63, 3.8) is 0 Å². The van der Waals surface area contributed by atoms with Gasteiger partial charge < -0.3 is 14.7 Å². The molecule has 0 unspecified atom stereocenters. The lowest BCUT2D eigenvalue weighted by atomic mass is 9.75. The largest absolute Gasteiger partial charge is 0.394 e. The number of aliphatic hydroxyl groups is 1. The summed E-state index contributed by atoms with van der Waals surface area (Å²) in [5.74, 6) is 1.57. The molecular weight excluding hydrogens is 538 g/mol. The van der Waals surface area contributed by atoms with Crippen LogP contribution in [0.1, 0.15) is 35.8 Å². The molecule has 0 aliphatic carbocycles. The second-order valence-electron chi connectivity index (χ2n) is 11.2. The summed E-state index contributed by atoms with van der Waals surface area (Å²) in [7, 11) is 2.06. The Morgan fingerprint density at radius 3 is 2.05 bits per heavy atom. The molecule has 2 aliphatic rings. The fraction of sp³-hybridized carbons (Fsp3) is 0.294. The maximum atomic E-state index is 10.5. The van der Waals surface area contributed by atoms with E-state index in [-0.39, 0.29) is 6.61 Å². The van der Waals surface area contributed by atoms with Gasteiger partial charge in [0.2, 0.25) is 0 Å². The molecule has 4 heterocycles. The minimum absolute atomic E-state index is 0.117. The smallest absolute Gasteiger partial charge is 0.185 e. The van der Waals surface area contributed by atoms with Crippen LogP contribution in [0, 0.1) is 0 Å². The van der Waals surface area contributed by atoms with Crippen molar-refractivity contribution in [3.8, 4) is 0 Å². The monoisotopic (exact) mass is 573 g/mol. The van der Waals surface area contributed by atoms with E-state index in [0.717, 1.165) is 41.9 Å². The van der Waals surface area contributed by atoms with Crippen LogP contribution in [-0.2, 0) is 10.3 Å². The number of aliphatic hydroxyl groups excluding tert-OH is 1. The Morgan fingerprint density at radius 1 is 0.860 bits per heavy atom. The lowest BCUT2D eigenvalue weighted by Gasteiger charge is -2.50. The van der Waals surface area contributed by atoms with Crippen LogP contribution in [0.2, 0.25) is 0 Å². The molecule has 0 spiro atoms. The van der Waals surface area contributed by atoms with Crippen molar-refractivity contribution in [1.29, 1.82) is 0 Å². The molecule has 0 bridgehead atoms. The third kappa shape index (κ3) is 4.89. The number of rotatable bonds is 7. The third-order valence-corrected chi connectivity index (χ3v) is 8.62. The number of nitrogens with zero attached hydrogens (tertiary/aromatic N) is 7. The Kier molecular flexibility index (Phi) is 7.44. The van der Waals surface area contributed by atoms with Gasteiger partial charge in [0.1, 0.15) is 18.4 Å². The van der Waals surface area contributed by atoms with Crippen LogP contribution in [0.4, 0.5) is 5.82 Å². The molecule has 2 saturated heterocycles. The molecule has 2 aromatic heterocycles. The number of aliphatic imine (C=N–C) groups is 1. The molecule has 5 aromatic rings. The summed E-state index contributed by atoms with van der Waals surface area (Å²) < 4.78 is 8.50. The molecule has 43 heavy (non-hydrogen) atoms. The van der Waals surface area contributed by atoms with Crippen molar-refractivity contribution < 1.29 is 9.84 Å². The Balaban J connectivity index is 1.36. The highest BCUT2D eigenvalue weighted by Gasteiger charge is 2.46. The van der Waals surface area contributed by atoms with Crippen molar-refractivity contribution >= 4 is 22.8 Å². The number of likely N-dealkylation sites (tertiary alicyclic amines) is 1. The summed E-state index contributed by atoms with van der Waals surface area (Å²) in [6.07, 6.45) is 4.41. The normalized spacial score (nSPS) is 20.7. The van der Waals surface area contributed by atoms with Gasteiger partial charge in [-0.3, -0.25) is 9.47 Å². The van der Waals surface area contributed by atoms with Crippen LogP contribution in [0.25, 0.3) is 11.2 Å². The lowest BCUT2D eigenvalue weighted by molar-refractivity contribution is -0.148. The highest BCUT2D eigenvalue weighted by Crippen LogP contribution is 2.45. The molecule has 7 rings (SSSR count). The highest BCUT2D eigenvalue weighted by molar-refractivity contribution is 5.90. The fourth-order valence-electron chi connectivity index (χ4n) is 6.62. The molecular formula is C34H35N7O2. The zero-order valence-electron chi connectivity index (χ0n) is 24.2. The van der Waals surface area contributed by atoms with E-state index in [1.165, 1.54) is 0 Å². The Morgan fingerprint density at radius 2 is 1.49 bits per heavy atom. The number of amidine groups is 1. The number of morpholine rings is 1. The first-order valence-corrected chi connectivity index (χ1v) is 14.8. The first-order chi connectivity index (χ1) is 21.2. The SMILES string of the molecule is CN1CCC/C1=N\c1ncnc2c1ncn2[C@H]1CN(C(c2ccccc2)(c2ccccc2)c2ccccc2)C[C@@H](CO)O1. The topological polar surface area (TPSA) is 91.9 Å². The van der Waals surface area contributed by atoms with Gasteiger partial charge in [0.05, 0.1) is 24.6 Å². The van der Waals surface area contributed by atoms with Crippen LogP contribution in [0.15, 0.2) is 109 Å². The molecule has 2 atom stereocenters. The zero-order chi connectivity index (χ0) is 29.2. The zero-order valence-corrected chi connectivity index (χ0v) is 24.2. The van der Waals surface area contributed by atoms with Gasteiger partial charge in [-0.15, -0.1) is 0 Å². The van der Waals surface area contributed by atoms with Crippen molar-refractivity contribution in [2.24, 2.45) is 4.99 Å². The van der Waals surface area contributed by atoms with Gasteiger partial charge in [-0.05, 0) is 23.1 Å². The van der Waals surface area contributed by atoms with E-state index in [2.05, 4.69) is 99.6 Å². The predicted octanol–water partition coefficient (Wildman–Crippen LogP) is 4.77. The molecule has 2 aliphatic heterocycles. The van der Waals surface area contributed by atoms with Crippen molar-refractivity contribution in [2.75, 3.05) is 33.3 Å². The number of ether oxygens (including phenoxy) is 1. The van der Waals surface area contributed by atoms with E-state index >= 15 is 0 Å². The van der Waals surface area contributed by atoms with Gasteiger partial charge >= 0.3 is 0 Å². The maximum absolute atomic E-state index is 10.5. The van der Waals surface area contributed by atoms with Crippen LogP contribution in [0.3, 0.4) is 0 Å². The summed E-state index contributed by atoms with van der Waals surface area (Å²) in [4.78, 5) is 23.3. The van der Waals surface area contributed by atoms with Gasteiger partial charge in [-0.2, -0.15) is 0 Å². The summed E-state index contributed by atoms with van der Waals surface area (Å²) in [5.41, 5.74) is 4.07. The van der Waals surface area contributed by atoms with Crippen LogP contribution in [0.5, 0.6) is 0 Å². The molecule has 0 saturated carbocycles. The highest BCUT2D eigenvalue weighted by atomic mass is 16.5. The van der Waals surface area contributed by atoms with Gasteiger partial charge in [-0.1, -0.05) is 91.0 Å². The van der Waals surface area contributed by atoms with E-state index < -0.39 is 17.9 Å². The summed E-state index contributed by atoms with van der Waals surface area (Å²) in [5, 5.41) is 10.5. The molecule has 0 radical (unpaired) electrons. The number of imidazole rings is 1. The van der Waals surface area contributed by atoms with E-state index in [9.17, 15) is 5.11 Å². The number of benzene rings is 3.